The average molecular weight is 253 g/mol. The van der Waals surface area contributed by atoms with Crippen LogP contribution in [0.2, 0.25) is 0 Å². The second-order valence-electron chi connectivity index (χ2n) is 3.67. The predicted molar refractivity (Wildman–Crippen MR) is 59.7 cm³/mol. The normalized spacial score (nSPS) is 11.9. The molecule has 0 saturated heterocycles. The largest absolute Gasteiger partial charge is 0.480 e. The summed E-state index contributed by atoms with van der Waals surface area (Å²) < 4.78 is 29.6. The lowest BCUT2D eigenvalue weighted by molar-refractivity contribution is -0.134. The molecule has 16 heavy (non-hydrogen) atoms. The maximum atomic E-state index is 11.1. The molecule has 2 N–H and O–H groups in total. The van der Waals surface area contributed by atoms with Gasteiger partial charge in [0, 0.05) is 13.2 Å². The highest BCUT2D eigenvalue weighted by Crippen LogP contribution is 1.94. The Morgan fingerprint density at radius 1 is 1.38 bits per heavy atom. The summed E-state index contributed by atoms with van der Waals surface area (Å²) in [5.74, 6) is -2.23. The van der Waals surface area contributed by atoms with Gasteiger partial charge < -0.3 is 9.84 Å². The van der Waals surface area contributed by atoms with E-state index >= 15 is 0 Å². The number of unbranched alkanes of at least 4 members (excludes halogenated alkanes) is 1. The van der Waals surface area contributed by atoms with Crippen LogP contribution in [-0.4, -0.2) is 44.5 Å². The van der Waals surface area contributed by atoms with Gasteiger partial charge in [-0.05, 0) is 26.7 Å². The Morgan fingerprint density at radius 2 is 2.00 bits per heavy atom. The number of sulfonamides is 1. The Kier molecular flexibility index (Phi) is 7.27. The number of carbonyl (C=O) groups is 1. The molecule has 0 atom stereocenters. The molecule has 7 heteroatoms. The van der Waals surface area contributed by atoms with E-state index in [1.807, 2.05) is 13.8 Å². The van der Waals surface area contributed by atoms with Crippen LogP contribution in [0.25, 0.3) is 0 Å². The fraction of sp³-hybridized carbons (Fsp3) is 0.889. The lowest BCUT2D eigenvalue weighted by Crippen LogP contribution is -2.30. The average Bonchev–Trinajstić information content (AvgIpc) is 2.08. The van der Waals surface area contributed by atoms with E-state index in [-0.39, 0.29) is 12.6 Å². The van der Waals surface area contributed by atoms with Crippen molar-refractivity contribution in [1.29, 1.82) is 0 Å². The Morgan fingerprint density at radius 3 is 2.50 bits per heavy atom. The highest BCUT2D eigenvalue weighted by molar-refractivity contribution is 7.90. The standard InChI is InChI=1S/C9H19NO5S/c1-8(2)15-6-4-3-5-10-16(13,14)7-9(11)12/h8,10H,3-7H2,1-2H3,(H,11,12). The van der Waals surface area contributed by atoms with Gasteiger partial charge in [-0.1, -0.05) is 0 Å². The minimum absolute atomic E-state index is 0.170. The summed E-state index contributed by atoms with van der Waals surface area (Å²) in [4.78, 5) is 10.2. The maximum Gasteiger partial charge on any atom is 0.320 e. The summed E-state index contributed by atoms with van der Waals surface area (Å²) in [6.07, 6.45) is 1.54. The molecule has 0 fully saturated rings. The number of carboxylic acid groups (broad SMARTS) is 1. The molecule has 0 bridgehead atoms. The fourth-order valence-corrected chi connectivity index (χ4v) is 1.87. The molecule has 0 amide bonds. The molecule has 0 aromatic rings. The first-order chi connectivity index (χ1) is 7.33. The van der Waals surface area contributed by atoms with Gasteiger partial charge in [0.15, 0.2) is 5.75 Å². The van der Waals surface area contributed by atoms with Crippen molar-refractivity contribution in [2.24, 2.45) is 0 Å². The zero-order valence-corrected chi connectivity index (χ0v) is 10.4. The van der Waals surface area contributed by atoms with Gasteiger partial charge in [0.1, 0.15) is 0 Å². The molecule has 0 aliphatic carbocycles. The predicted octanol–water partition coefficient (Wildman–Crippen LogP) is 0.196. The minimum Gasteiger partial charge on any atom is -0.480 e. The van der Waals surface area contributed by atoms with Crippen molar-refractivity contribution in [2.45, 2.75) is 32.8 Å². The Labute approximate surface area is 96.0 Å². The van der Waals surface area contributed by atoms with Crippen LogP contribution in [0.4, 0.5) is 0 Å². The second-order valence-corrected chi connectivity index (χ2v) is 5.48. The van der Waals surface area contributed by atoms with Crippen molar-refractivity contribution < 1.29 is 23.1 Å². The van der Waals surface area contributed by atoms with Crippen LogP contribution in [0.3, 0.4) is 0 Å². The molecule has 0 radical (unpaired) electrons. The van der Waals surface area contributed by atoms with E-state index in [1.165, 1.54) is 0 Å². The zero-order valence-electron chi connectivity index (χ0n) is 9.60. The van der Waals surface area contributed by atoms with Crippen molar-refractivity contribution in [1.82, 2.24) is 4.72 Å². The Hall–Kier alpha value is -0.660. The van der Waals surface area contributed by atoms with E-state index in [2.05, 4.69) is 4.72 Å². The molecule has 0 aromatic heterocycles. The van der Waals surface area contributed by atoms with E-state index in [1.54, 1.807) is 0 Å². The first-order valence-corrected chi connectivity index (χ1v) is 6.79. The molecule has 0 aliphatic heterocycles. The molecule has 0 aromatic carbocycles. The fourth-order valence-electron chi connectivity index (χ4n) is 0.987. The highest BCUT2D eigenvalue weighted by atomic mass is 32.2. The lowest BCUT2D eigenvalue weighted by Gasteiger charge is -2.07. The SMILES string of the molecule is CC(C)OCCCCNS(=O)(=O)CC(=O)O. The summed E-state index contributed by atoms with van der Waals surface area (Å²) in [6.45, 7) is 4.68. The topological polar surface area (TPSA) is 92.7 Å². The molecule has 96 valence electrons. The number of hydrogen-bond donors (Lipinski definition) is 2. The summed E-state index contributed by atoms with van der Waals surface area (Å²) >= 11 is 0. The van der Waals surface area contributed by atoms with Crippen LogP contribution in [0.5, 0.6) is 0 Å². The summed E-state index contributed by atoms with van der Waals surface area (Å²) in [5, 5.41) is 8.31. The molecular formula is C9H19NO5S. The second kappa shape index (κ2) is 7.59. The molecule has 0 unspecified atom stereocenters. The molecule has 6 nitrogen and oxygen atoms in total. The van der Waals surface area contributed by atoms with Crippen LogP contribution >= 0.6 is 0 Å². The highest BCUT2D eigenvalue weighted by Gasteiger charge is 2.13. The number of nitrogens with one attached hydrogen (secondary N) is 1. The van der Waals surface area contributed by atoms with Crippen LogP contribution in [0, 0.1) is 0 Å². The minimum atomic E-state index is -3.67. The van der Waals surface area contributed by atoms with Crippen LogP contribution in [0.1, 0.15) is 26.7 Å². The summed E-state index contributed by atoms with van der Waals surface area (Å²) in [5.41, 5.74) is 0. The van der Waals surface area contributed by atoms with Gasteiger partial charge in [-0.25, -0.2) is 13.1 Å². The van der Waals surface area contributed by atoms with Gasteiger partial charge >= 0.3 is 5.97 Å². The number of ether oxygens (including phenoxy) is 1. The van der Waals surface area contributed by atoms with Crippen molar-refractivity contribution in [3.8, 4) is 0 Å². The van der Waals surface area contributed by atoms with E-state index in [0.717, 1.165) is 6.42 Å². The number of hydrogen-bond acceptors (Lipinski definition) is 4. The molecular weight excluding hydrogens is 234 g/mol. The van der Waals surface area contributed by atoms with E-state index < -0.39 is 21.7 Å². The molecule has 0 saturated carbocycles. The third-order valence-electron chi connectivity index (χ3n) is 1.66. The number of carboxylic acids is 1. The van der Waals surface area contributed by atoms with Crippen LogP contribution in [-0.2, 0) is 19.6 Å². The monoisotopic (exact) mass is 253 g/mol. The molecule has 0 heterocycles. The van der Waals surface area contributed by atoms with Gasteiger partial charge in [-0.2, -0.15) is 0 Å². The number of rotatable bonds is 9. The van der Waals surface area contributed by atoms with Gasteiger partial charge in [-0.3, -0.25) is 4.79 Å². The maximum absolute atomic E-state index is 11.1. The quantitative estimate of drug-likeness (QED) is 0.572. The van der Waals surface area contributed by atoms with Crippen molar-refractivity contribution in [3.05, 3.63) is 0 Å². The van der Waals surface area contributed by atoms with Gasteiger partial charge in [0.05, 0.1) is 6.10 Å². The zero-order chi connectivity index (χ0) is 12.6. The lowest BCUT2D eigenvalue weighted by atomic mass is 10.3. The van der Waals surface area contributed by atoms with E-state index in [4.69, 9.17) is 9.84 Å². The van der Waals surface area contributed by atoms with Crippen molar-refractivity contribution >= 4 is 16.0 Å². The molecule has 0 rings (SSSR count). The van der Waals surface area contributed by atoms with Gasteiger partial charge in [-0.15, -0.1) is 0 Å². The third-order valence-corrected chi connectivity index (χ3v) is 2.93. The third kappa shape index (κ3) is 9.88. The van der Waals surface area contributed by atoms with E-state index in [0.29, 0.717) is 13.0 Å². The molecule has 0 aliphatic rings. The Balaban J connectivity index is 3.55. The summed E-state index contributed by atoms with van der Waals surface area (Å²) in [6, 6.07) is 0. The van der Waals surface area contributed by atoms with Crippen LogP contribution in [0.15, 0.2) is 0 Å². The Bertz CT molecular complexity index is 299. The first kappa shape index (κ1) is 15.3. The molecule has 0 spiro atoms. The summed E-state index contributed by atoms with van der Waals surface area (Å²) in [7, 11) is -3.67. The first-order valence-electron chi connectivity index (χ1n) is 5.14. The number of aliphatic carboxylic acids is 1. The van der Waals surface area contributed by atoms with E-state index in [9.17, 15) is 13.2 Å². The van der Waals surface area contributed by atoms with Gasteiger partial charge in [0.25, 0.3) is 0 Å². The smallest absolute Gasteiger partial charge is 0.320 e. The van der Waals surface area contributed by atoms with Gasteiger partial charge in [0.2, 0.25) is 10.0 Å². The van der Waals surface area contributed by atoms with Crippen molar-refractivity contribution in [2.75, 3.05) is 18.9 Å². The van der Waals surface area contributed by atoms with Crippen LogP contribution < -0.4 is 4.72 Å². The van der Waals surface area contributed by atoms with Crippen molar-refractivity contribution in [3.63, 3.8) is 0 Å².